The van der Waals surface area contributed by atoms with Crippen LogP contribution in [-0.2, 0) is 16.1 Å². The van der Waals surface area contributed by atoms with E-state index >= 15 is 0 Å². The molecule has 1 heterocycles. The second-order valence-electron chi connectivity index (χ2n) is 3.64. The van der Waals surface area contributed by atoms with Gasteiger partial charge in [0.2, 0.25) is 11.8 Å². The number of halogens is 2. The number of hydrogen-bond acceptors (Lipinski definition) is 4. The minimum absolute atomic E-state index is 0.118. The summed E-state index contributed by atoms with van der Waals surface area (Å²) < 4.78 is 0. The largest absolute Gasteiger partial charge is 0.369 e. The molecule has 0 aliphatic carbocycles. The van der Waals surface area contributed by atoms with Gasteiger partial charge in [0.15, 0.2) is 0 Å². The van der Waals surface area contributed by atoms with Crippen molar-refractivity contribution in [3.05, 3.63) is 28.0 Å². The highest BCUT2D eigenvalue weighted by molar-refractivity contribution is 6.32. The van der Waals surface area contributed by atoms with Gasteiger partial charge in [-0.25, -0.2) is 4.98 Å². The van der Waals surface area contributed by atoms with Crippen LogP contribution in [0.4, 0.5) is 0 Å². The molecule has 0 aliphatic heterocycles. The lowest BCUT2D eigenvalue weighted by Crippen LogP contribution is -2.39. The van der Waals surface area contributed by atoms with Gasteiger partial charge in [-0.2, -0.15) is 0 Å². The van der Waals surface area contributed by atoms with E-state index in [0.717, 1.165) is 0 Å². The van der Waals surface area contributed by atoms with Crippen LogP contribution in [0.5, 0.6) is 0 Å². The summed E-state index contributed by atoms with van der Waals surface area (Å²) >= 11 is 11.7. The van der Waals surface area contributed by atoms with Crippen LogP contribution in [-0.4, -0.2) is 34.8 Å². The fourth-order valence-electron chi connectivity index (χ4n) is 1.39. The molecular formula is C10H12Cl2N4O2. The number of hydrogen-bond donors (Lipinski definition) is 2. The second-order valence-corrected chi connectivity index (χ2v) is 4.43. The monoisotopic (exact) mass is 290 g/mol. The summed E-state index contributed by atoms with van der Waals surface area (Å²) in [5.74, 6) is -1.15. The Morgan fingerprint density at radius 1 is 1.17 bits per heavy atom. The number of primary amides is 2. The van der Waals surface area contributed by atoms with E-state index in [1.54, 1.807) is 12.1 Å². The smallest absolute Gasteiger partial charge is 0.231 e. The van der Waals surface area contributed by atoms with Gasteiger partial charge in [-0.05, 0) is 12.1 Å². The fourth-order valence-corrected chi connectivity index (χ4v) is 1.72. The van der Waals surface area contributed by atoms with Crippen LogP contribution in [0, 0.1) is 0 Å². The van der Waals surface area contributed by atoms with Gasteiger partial charge in [0.1, 0.15) is 5.15 Å². The predicted molar refractivity (Wildman–Crippen MR) is 67.9 cm³/mol. The van der Waals surface area contributed by atoms with Crippen molar-refractivity contribution in [1.82, 2.24) is 9.88 Å². The molecule has 1 rings (SSSR count). The molecule has 0 saturated carbocycles. The van der Waals surface area contributed by atoms with E-state index < -0.39 is 11.8 Å². The van der Waals surface area contributed by atoms with Gasteiger partial charge in [0, 0.05) is 6.54 Å². The lowest BCUT2D eigenvalue weighted by atomic mass is 10.3. The summed E-state index contributed by atoms with van der Waals surface area (Å²) in [5.41, 5.74) is 10.6. The van der Waals surface area contributed by atoms with Crippen LogP contribution in [0.25, 0.3) is 0 Å². The van der Waals surface area contributed by atoms with Crippen molar-refractivity contribution >= 4 is 35.0 Å². The maximum atomic E-state index is 10.9. The molecule has 2 amide bonds. The van der Waals surface area contributed by atoms with Gasteiger partial charge < -0.3 is 11.5 Å². The summed E-state index contributed by atoms with van der Waals surface area (Å²) in [6.45, 7) is -0.0772. The maximum absolute atomic E-state index is 10.9. The molecule has 6 nitrogen and oxygen atoms in total. The number of nitrogens with two attached hydrogens (primary N) is 2. The van der Waals surface area contributed by atoms with Crippen molar-refractivity contribution in [3.8, 4) is 0 Å². The number of amides is 2. The summed E-state index contributed by atoms with van der Waals surface area (Å²) in [4.78, 5) is 27.2. The zero-order valence-electron chi connectivity index (χ0n) is 9.40. The average molecular weight is 291 g/mol. The van der Waals surface area contributed by atoms with Crippen LogP contribution in [0.3, 0.4) is 0 Å². The van der Waals surface area contributed by atoms with Gasteiger partial charge in [-0.15, -0.1) is 0 Å². The van der Waals surface area contributed by atoms with E-state index in [1.807, 2.05) is 0 Å². The number of aromatic nitrogens is 1. The molecule has 0 saturated heterocycles. The first-order valence-electron chi connectivity index (χ1n) is 4.98. The van der Waals surface area contributed by atoms with Gasteiger partial charge in [0.25, 0.3) is 0 Å². The topological polar surface area (TPSA) is 102 Å². The van der Waals surface area contributed by atoms with Gasteiger partial charge in [-0.1, -0.05) is 23.2 Å². The first-order chi connectivity index (χ1) is 8.38. The zero-order valence-corrected chi connectivity index (χ0v) is 10.9. The number of nitrogens with zero attached hydrogens (tertiary/aromatic N) is 2. The van der Waals surface area contributed by atoms with E-state index in [2.05, 4.69) is 4.98 Å². The maximum Gasteiger partial charge on any atom is 0.231 e. The number of rotatable bonds is 6. The molecule has 98 valence electrons. The Kier molecular flexibility index (Phi) is 5.33. The third kappa shape index (κ3) is 4.87. The molecule has 1 aromatic heterocycles. The van der Waals surface area contributed by atoms with Crippen LogP contribution in [0.1, 0.15) is 5.69 Å². The van der Waals surface area contributed by atoms with Crippen molar-refractivity contribution in [2.75, 3.05) is 13.1 Å². The minimum Gasteiger partial charge on any atom is -0.369 e. The Morgan fingerprint density at radius 2 is 1.72 bits per heavy atom. The van der Waals surface area contributed by atoms with E-state index in [9.17, 15) is 9.59 Å². The lowest BCUT2D eigenvalue weighted by molar-refractivity contribution is -0.122. The summed E-state index contributed by atoms with van der Waals surface area (Å²) in [5, 5.41) is 0.658. The lowest BCUT2D eigenvalue weighted by Gasteiger charge is -2.18. The Labute approximate surface area is 114 Å². The Morgan fingerprint density at radius 3 is 2.22 bits per heavy atom. The quantitative estimate of drug-likeness (QED) is 0.729. The molecule has 0 radical (unpaired) electrons. The molecule has 8 heteroatoms. The SMILES string of the molecule is NC(=O)CN(CC(N)=O)Cc1nc(Cl)ccc1Cl. The molecule has 1 aromatic rings. The normalized spacial score (nSPS) is 10.6. The first kappa shape index (κ1) is 14.7. The molecule has 0 bridgehead atoms. The molecule has 0 aromatic carbocycles. The molecule has 0 atom stereocenters. The molecule has 0 unspecified atom stereocenters. The van der Waals surface area contributed by atoms with E-state index in [0.29, 0.717) is 10.7 Å². The van der Waals surface area contributed by atoms with Crippen molar-refractivity contribution in [2.24, 2.45) is 11.5 Å². The van der Waals surface area contributed by atoms with Crippen molar-refractivity contribution < 1.29 is 9.59 Å². The van der Waals surface area contributed by atoms with Gasteiger partial charge in [0.05, 0.1) is 23.8 Å². The summed E-state index contributed by atoms with van der Waals surface area (Å²) in [6, 6.07) is 3.12. The highest BCUT2D eigenvalue weighted by atomic mass is 35.5. The first-order valence-corrected chi connectivity index (χ1v) is 5.74. The summed E-state index contributed by atoms with van der Waals surface area (Å²) in [7, 11) is 0. The summed E-state index contributed by atoms with van der Waals surface area (Å²) in [6.07, 6.45) is 0. The molecule has 4 N–H and O–H groups in total. The zero-order chi connectivity index (χ0) is 13.7. The van der Waals surface area contributed by atoms with Gasteiger partial charge in [-0.3, -0.25) is 14.5 Å². The second kappa shape index (κ2) is 6.53. The Bertz CT molecular complexity index is 451. The Hall–Kier alpha value is -1.37. The van der Waals surface area contributed by atoms with Crippen LogP contribution >= 0.6 is 23.2 Å². The molecule has 18 heavy (non-hydrogen) atoms. The van der Waals surface area contributed by atoms with Crippen LogP contribution in [0.2, 0.25) is 10.2 Å². The van der Waals surface area contributed by atoms with Crippen LogP contribution in [0.15, 0.2) is 12.1 Å². The fraction of sp³-hybridized carbons (Fsp3) is 0.300. The third-order valence-electron chi connectivity index (χ3n) is 2.02. The van der Waals surface area contributed by atoms with E-state index in [4.69, 9.17) is 34.7 Å². The van der Waals surface area contributed by atoms with Gasteiger partial charge >= 0.3 is 0 Å². The predicted octanol–water partition coefficient (Wildman–Crippen LogP) is 0.161. The average Bonchev–Trinajstić information content (AvgIpc) is 2.21. The molecule has 0 aliphatic rings. The molecule has 0 fully saturated rings. The number of carbonyl (C=O) groups is 2. The van der Waals surface area contributed by atoms with E-state index in [-0.39, 0.29) is 24.8 Å². The Balaban J connectivity index is 2.84. The number of pyridine rings is 1. The molecule has 0 spiro atoms. The van der Waals surface area contributed by atoms with Crippen molar-refractivity contribution in [3.63, 3.8) is 0 Å². The highest BCUT2D eigenvalue weighted by Crippen LogP contribution is 2.18. The third-order valence-corrected chi connectivity index (χ3v) is 2.57. The standard InChI is InChI=1S/C10H12Cl2N4O2/c11-6-1-2-8(12)15-7(6)3-16(4-9(13)17)5-10(14)18/h1-2H,3-5H2,(H2,13,17)(H2,14,18). The van der Waals surface area contributed by atoms with E-state index in [1.165, 1.54) is 4.90 Å². The highest BCUT2D eigenvalue weighted by Gasteiger charge is 2.14. The number of carbonyl (C=O) groups excluding carboxylic acids is 2. The molecular weight excluding hydrogens is 279 g/mol. The van der Waals surface area contributed by atoms with Crippen molar-refractivity contribution in [1.29, 1.82) is 0 Å². The van der Waals surface area contributed by atoms with Crippen LogP contribution < -0.4 is 11.5 Å². The minimum atomic E-state index is -0.575. The van der Waals surface area contributed by atoms with Crippen molar-refractivity contribution in [2.45, 2.75) is 6.54 Å².